The molecule has 3 rings (SSSR count). The Balaban J connectivity index is 1.80. The first-order valence-electron chi connectivity index (χ1n) is 4.82. The number of hydrogen-bond donors (Lipinski definition) is 1. The maximum absolute atomic E-state index is 4.14. The standard InChI is InChI=1S/C10H13N3/c1-2-9(5-11-3-1)13-6-8-4-12-10(8)7-13/h1-3,5,8,10,12H,4,6-7H2/t8-,10+/m0/s1. The number of pyridine rings is 1. The summed E-state index contributed by atoms with van der Waals surface area (Å²) in [6.07, 6.45) is 3.77. The summed E-state index contributed by atoms with van der Waals surface area (Å²) >= 11 is 0. The van der Waals surface area contributed by atoms with E-state index in [0.29, 0.717) is 0 Å². The molecular formula is C10H13N3. The molecule has 0 bridgehead atoms. The van der Waals surface area contributed by atoms with Crippen LogP contribution in [0.15, 0.2) is 24.5 Å². The van der Waals surface area contributed by atoms with Gasteiger partial charge in [-0.2, -0.15) is 0 Å². The second-order valence-electron chi connectivity index (χ2n) is 3.89. The van der Waals surface area contributed by atoms with E-state index >= 15 is 0 Å². The molecule has 2 saturated heterocycles. The quantitative estimate of drug-likeness (QED) is 0.673. The van der Waals surface area contributed by atoms with E-state index in [1.807, 2.05) is 18.5 Å². The summed E-state index contributed by atoms with van der Waals surface area (Å²) in [5.41, 5.74) is 1.26. The van der Waals surface area contributed by atoms with Crippen LogP contribution < -0.4 is 10.2 Å². The Hall–Kier alpha value is -1.09. The fraction of sp³-hybridized carbons (Fsp3) is 0.500. The molecule has 0 unspecified atom stereocenters. The maximum atomic E-state index is 4.14. The molecule has 1 aromatic rings. The predicted molar refractivity (Wildman–Crippen MR) is 51.7 cm³/mol. The number of anilines is 1. The summed E-state index contributed by atoms with van der Waals surface area (Å²) in [4.78, 5) is 6.56. The van der Waals surface area contributed by atoms with Gasteiger partial charge in [0.1, 0.15) is 0 Å². The van der Waals surface area contributed by atoms with Gasteiger partial charge in [-0.3, -0.25) is 4.98 Å². The lowest BCUT2D eigenvalue weighted by molar-refractivity contribution is 0.297. The van der Waals surface area contributed by atoms with Gasteiger partial charge in [0, 0.05) is 37.8 Å². The average Bonchev–Trinajstić information content (AvgIpc) is 2.45. The molecule has 0 radical (unpaired) electrons. The minimum atomic E-state index is 0.736. The Kier molecular flexibility index (Phi) is 1.52. The van der Waals surface area contributed by atoms with Gasteiger partial charge in [-0.15, -0.1) is 0 Å². The van der Waals surface area contributed by atoms with E-state index in [4.69, 9.17) is 0 Å². The van der Waals surface area contributed by atoms with E-state index in [1.54, 1.807) is 0 Å². The first-order chi connectivity index (χ1) is 6.43. The van der Waals surface area contributed by atoms with Gasteiger partial charge in [0.15, 0.2) is 0 Å². The zero-order chi connectivity index (χ0) is 8.67. The Morgan fingerprint density at radius 2 is 2.46 bits per heavy atom. The van der Waals surface area contributed by atoms with Crippen LogP contribution in [0.3, 0.4) is 0 Å². The molecule has 3 heteroatoms. The maximum Gasteiger partial charge on any atom is 0.0553 e. The fourth-order valence-electron chi connectivity index (χ4n) is 2.20. The summed E-state index contributed by atoms with van der Waals surface area (Å²) in [7, 11) is 0. The summed E-state index contributed by atoms with van der Waals surface area (Å²) in [5.74, 6) is 0.875. The van der Waals surface area contributed by atoms with Crippen LogP contribution in [0, 0.1) is 5.92 Å². The highest BCUT2D eigenvalue weighted by atomic mass is 15.2. The lowest BCUT2D eigenvalue weighted by atomic mass is 9.96. The molecule has 0 spiro atoms. The molecule has 2 fully saturated rings. The summed E-state index contributed by atoms with van der Waals surface area (Å²) in [6.45, 7) is 3.54. The minimum Gasteiger partial charge on any atom is -0.368 e. The van der Waals surface area contributed by atoms with E-state index in [9.17, 15) is 0 Å². The highest BCUT2D eigenvalue weighted by Crippen LogP contribution is 2.27. The van der Waals surface area contributed by atoms with Crippen LogP contribution in [0.1, 0.15) is 0 Å². The largest absolute Gasteiger partial charge is 0.368 e. The molecule has 3 nitrogen and oxygen atoms in total. The number of nitrogens with zero attached hydrogens (tertiary/aromatic N) is 2. The van der Waals surface area contributed by atoms with Crippen LogP contribution in [0.25, 0.3) is 0 Å². The van der Waals surface area contributed by atoms with E-state index in [2.05, 4.69) is 21.3 Å². The minimum absolute atomic E-state index is 0.736. The van der Waals surface area contributed by atoms with Crippen molar-refractivity contribution in [3.8, 4) is 0 Å². The SMILES string of the molecule is c1cncc(N2C[C@@H]3CN[C@@H]3C2)c1. The van der Waals surface area contributed by atoms with Crippen LogP contribution in [-0.4, -0.2) is 30.7 Å². The van der Waals surface area contributed by atoms with Crippen molar-refractivity contribution >= 4 is 5.69 Å². The summed E-state index contributed by atoms with van der Waals surface area (Å²) in [6, 6.07) is 4.88. The van der Waals surface area contributed by atoms with Crippen molar-refractivity contribution in [3.63, 3.8) is 0 Å². The molecule has 0 amide bonds. The number of rotatable bonds is 1. The number of fused-ring (bicyclic) bond motifs is 1. The van der Waals surface area contributed by atoms with Crippen molar-refractivity contribution in [1.29, 1.82) is 0 Å². The third-order valence-electron chi connectivity index (χ3n) is 3.09. The lowest BCUT2D eigenvalue weighted by Crippen LogP contribution is -2.51. The first kappa shape index (κ1) is 7.33. The van der Waals surface area contributed by atoms with Gasteiger partial charge >= 0.3 is 0 Å². The van der Waals surface area contributed by atoms with Crippen molar-refractivity contribution in [2.75, 3.05) is 24.5 Å². The Morgan fingerprint density at radius 3 is 3.00 bits per heavy atom. The van der Waals surface area contributed by atoms with Gasteiger partial charge in [0.05, 0.1) is 11.9 Å². The number of nitrogens with one attached hydrogen (secondary N) is 1. The van der Waals surface area contributed by atoms with E-state index < -0.39 is 0 Å². The van der Waals surface area contributed by atoms with Crippen LogP contribution in [-0.2, 0) is 0 Å². The molecular weight excluding hydrogens is 162 g/mol. The molecule has 3 heterocycles. The van der Waals surface area contributed by atoms with Crippen molar-refractivity contribution < 1.29 is 0 Å². The zero-order valence-corrected chi connectivity index (χ0v) is 7.48. The highest BCUT2D eigenvalue weighted by molar-refractivity contribution is 5.46. The first-order valence-corrected chi connectivity index (χ1v) is 4.82. The van der Waals surface area contributed by atoms with Crippen LogP contribution in [0.2, 0.25) is 0 Å². The van der Waals surface area contributed by atoms with Crippen molar-refractivity contribution in [2.45, 2.75) is 6.04 Å². The number of hydrogen-bond acceptors (Lipinski definition) is 3. The topological polar surface area (TPSA) is 28.2 Å². The van der Waals surface area contributed by atoms with Gasteiger partial charge in [0.25, 0.3) is 0 Å². The van der Waals surface area contributed by atoms with Crippen molar-refractivity contribution in [3.05, 3.63) is 24.5 Å². The van der Waals surface area contributed by atoms with E-state index in [0.717, 1.165) is 18.5 Å². The van der Waals surface area contributed by atoms with E-state index in [-0.39, 0.29) is 0 Å². The molecule has 1 aromatic heterocycles. The zero-order valence-electron chi connectivity index (χ0n) is 7.48. The average molecular weight is 175 g/mol. The molecule has 13 heavy (non-hydrogen) atoms. The van der Waals surface area contributed by atoms with Crippen LogP contribution in [0.4, 0.5) is 5.69 Å². The molecule has 0 saturated carbocycles. The molecule has 0 aliphatic carbocycles. The van der Waals surface area contributed by atoms with Gasteiger partial charge in [-0.1, -0.05) is 0 Å². The molecule has 1 N–H and O–H groups in total. The van der Waals surface area contributed by atoms with Crippen LogP contribution >= 0.6 is 0 Å². The fourth-order valence-corrected chi connectivity index (χ4v) is 2.20. The monoisotopic (exact) mass is 175 g/mol. The third-order valence-corrected chi connectivity index (χ3v) is 3.09. The summed E-state index contributed by atoms with van der Waals surface area (Å²) < 4.78 is 0. The van der Waals surface area contributed by atoms with E-state index in [1.165, 1.54) is 18.8 Å². The highest BCUT2D eigenvalue weighted by Gasteiger charge is 2.38. The Bertz CT molecular complexity index is 286. The Labute approximate surface area is 77.8 Å². The summed E-state index contributed by atoms with van der Waals surface area (Å²) in [5, 5.41) is 3.45. The second-order valence-corrected chi connectivity index (χ2v) is 3.89. The predicted octanol–water partition coefficient (Wildman–Crippen LogP) is 0.490. The van der Waals surface area contributed by atoms with Crippen LogP contribution in [0.5, 0.6) is 0 Å². The molecule has 2 aliphatic rings. The van der Waals surface area contributed by atoms with Gasteiger partial charge in [-0.05, 0) is 12.1 Å². The van der Waals surface area contributed by atoms with Gasteiger partial charge in [0.2, 0.25) is 0 Å². The molecule has 68 valence electrons. The Morgan fingerprint density at radius 1 is 1.46 bits per heavy atom. The normalized spacial score (nSPS) is 31.2. The van der Waals surface area contributed by atoms with Crippen molar-refractivity contribution in [2.24, 2.45) is 5.92 Å². The van der Waals surface area contributed by atoms with Gasteiger partial charge < -0.3 is 10.2 Å². The second kappa shape index (κ2) is 2.70. The van der Waals surface area contributed by atoms with Gasteiger partial charge in [-0.25, -0.2) is 0 Å². The molecule has 2 aliphatic heterocycles. The van der Waals surface area contributed by atoms with Crippen molar-refractivity contribution in [1.82, 2.24) is 10.3 Å². The third kappa shape index (κ3) is 1.11. The molecule has 2 atom stereocenters. The smallest absolute Gasteiger partial charge is 0.0553 e. The lowest BCUT2D eigenvalue weighted by Gasteiger charge is -2.29. The molecule has 0 aromatic carbocycles. The number of aromatic nitrogens is 1.